The number of nitrogens with one attached hydrogen (secondary N) is 1. The zero-order valence-corrected chi connectivity index (χ0v) is 11.0. The average Bonchev–Trinajstić information content (AvgIpc) is 3.10. The highest BCUT2D eigenvalue weighted by Crippen LogP contribution is 2.16. The van der Waals surface area contributed by atoms with E-state index < -0.39 is 0 Å². The molecule has 1 aromatic carbocycles. The summed E-state index contributed by atoms with van der Waals surface area (Å²) in [6.07, 6.45) is 1.68. The van der Waals surface area contributed by atoms with Crippen LogP contribution < -0.4 is 11.1 Å². The monoisotopic (exact) mass is 286 g/mol. The second-order valence-electron chi connectivity index (χ2n) is 3.90. The van der Waals surface area contributed by atoms with Gasteiger partial charge in [-0.2, -0.15) is 5.10 Å². The lowest BCUT2D eigenvalue weighted by atomic mass is 10.3. The first-order valence-corrected chi connectivity index (χ1v) is 6.60. The van der Waals surface area contributed by atoms with Crippen LogP contribution in [0.4, 0.5) is 10.8 Å². The molecule has 0 spiro atoms. The normalized spacial score (nSPS) is 10.4. The highest BCUT2D eigenvalue weighted by atomic mass is 32.1. The number of amides is 1. The van der Waals surface area contributed by atoms with Gasteiger partial charge in [-0.05, 0) is 18.2 Å². The molecule has 2 heterocycles. The van der Waals surface area contributed by atoms with Gasteiger partial charge in [0, 0.05) is 6.20 Å². The zero-order valence-electron chi connectivity index (χ0n) is 10.2. The summed E-state index contributed by atoms with van der Waals surface area (Å²) in [6, 6.07) is 8.91. The summed E-state index contributed by atoms with van der Waals surface area (Å²) in [6.45, 7) is 0. The molecule has 0 unspecified atom stereocenters. The lowest BCUT2D eigenvalue weighted by Gasteiger charge is -2.04. The van der Waals surface area contributed by atoms with E-state index in [1.807, 2.05) is 18.2 Å². The van der Waals surface area contributed by atoms with E-state index in [2.05, 4.69) is 20.6 Å². The van der Waals surface area contributed by atoms with Gasteiger partial charge >= 0.3 is 0 Å². The van der Waals surface area contributed by atoms with Crippen LogP contribution in [0.1, 0.15) is 10.5 Å². The molecule has 7 nitrogen and oxygen atoms in total. The molecule has 0 aliphatic heterocycles. The summed E-state index contributed by atoms with van der Waals surface area (Å²) in [5.74, 6) is -0.338. The Morgan fingerprint density at radius 1 is 1.30 bits per heavy atom. The average molecular weight is 286 g/mol. The summed E-state index contributed by atoms with van der Waals surface area (Å²) in [4.78, 5) is 12.0. The molecule has 0 atom stereocenters. The molecule has 8 heteroatoms. The number of aromatic nitrogens is 4. The smallest absolute Gasteiger partial charge is 0.277 e. The van der Waals surface area contributed by atoms with Crippen LogP contribution in [0.3, 0.4) is 0 Å². The minimum absolute atomic E-state index is 0.281. The molecule has 0 aliphatic carbocycles. The van der Waals surface area contributed by atoms with E-state index in [0.29, 0.717) is 10.8 Å². The van der Waals surface area contributed by atoms with Gasteiger partial charge in [-0.15, -0.1) is 10.2 Å². The standard InChI is InChI=1S/C12H10N6OS/c13-8-3-1-2-4-10(8)18-6-5-9(17-18)11(19)15-12-16-14-7-20-12/h1-7H,13H2,(H,15,16,19). The van der Waals surface area contributed by atoms with Gasteiger partial charge in [-0.25, -0.2) is 4.68 Å². The van der Waals surface area contributed by atoms with Gasteiger partial charge in [-0.3, -0.25) is 10.1 Å². The van der Waals surface area contributed by atoms with E-state index in [0.717, 1.165) is 5.69 Å². The first kappa shape index (κ1) is 12.3. The fourth-order valence-corrected chi connectivity index (χ4v) is 2.10. The van der Waals surface area contributed by atoms with Gasteiger partial charge in [0.1, 0.15) is 5.51 Å². The van der Waals surface area contributed by atoms with E-state index in [4.69, 9.17) is 5.73 Å². The van der Waals surface area contributed by atoms with Gasteiger partial charge in [0.25, 0.3) is 5.91 Å². The number of nitrogens with two attached hydrogens (primary N) is 1. The van der Waals surface area contributed by atoms with Crippen LogP contribution in [-0.4, -0.2) is 25.9 Å². The first-order valence-electron chi connectivity index (χ1n) is 5.72. The zero-order chi connectivity index (χ0) is 13.9. The van der Waals surface area contributed by atoms with Gasteiger partial charge in [-0.1, -0.05) is 23.5 Å². The predicted octanol–water partition coefficient (Wildman–Crippen LogP) is 1.56. The number of anilines is 2. The van der Waals surface area contributed by atoms with Crippen molar-refractivity contribution in [3.63, 3.8) is 0 Å². The van der Waals surface area contributed by atoms with Crippen molar-refractivity contribution in [3.05, 3.63) is 47.7 Å². The van der Waals surface area contributed by atoms with Gasteiger partial charge in [0.15, 0.2) is 5.69 Å². The molecular weight excluding hydrogens is 276 g/mol. The van der Waals surface area contributed by atoms with Crippen molar-refractivity contribution in [3.8, 4) is 5.69 Å². The largest absolute Gasteiger partial charge is 0.397 e. The van der Waals surface area contributed by atoms with E-state index in [1.165, 1.54) is 11.3 Å². The third-order valence-electron chi connectivity index (χ3n) is 2.59. The summed E-state index contributed by atoms with van der Waals surface area (Å²) in [5.41, 5.74) is 9.01. The van der Waals surface area contributed by atoms with Crippen molar-refractivity contribution in [2.75, 3.05) is 11.1 Å². The number of hydrogen-bond acceptors (Lipinski definition) is 6. The molecule has 0 aliphatic rings. The number of carbonyl (C=O) groups excluding carboxylic acids is 1. The van der Waals surface area contributed by atoms with Crippen molar-refractivity contribution in [1.29, 1.82) is 0 Å². The van der Waals surface area contributed by atoms with Crippen molar-refractivity contribution >= 4 is 28.1 Å². The minimum atomic E-state index is -0.338. The Bertz CT molecular complexity index is 736. The number of carbonyl (C=O) groups is 1. The number of para-hydroxylation sites is 2. The van der Waals surface area contributed by atoms with Crippen molar-refractivity contribution in [1.82, 2.24) is 20.0 Å². The van der Waals surface area contributed by atoms with Gasteiger partial charge in [0.05, 0.1) is 11.4 Å². The summed E-state index contributed by atoms with van der Waals surface area (Å²) in [7, 11) is 0. The highest BCUT2D eigenvalue weighted by Gasteiger charge is 2.12. The van der Waals surface area contributed by atoms with Crippen LogP contribution >= 0.6 is 11.3 Å². The number of nitrogen functional groups attached to an aromatic ring is 1. The summed E-state index contributed by atoms with van der Waals surface area (Å²) >= 11 is 1.24. The van der Waals surface area contributed by atoms with Gasteiger partial charge in [0.2, 0.25) is 5.13 Å². The van der Waals surface area contributed by atoms with Crippen molar-refractivity contribution < 1.29 is 4.79 Å². The maximum absolute atomic E-state index is 12.0. The maximum Gasteiger partial charge on any atom is 0.277 e. The second kappa shape index (κ2) is 5.10. The van der Waals surface area contributed by atoms with E-state index in [1.54, 1.807) is 28.5 Å². The number of hydrogen-bond donors (Lipinski definition) is 2. The van der Waals surface area contributed by atoms with Crippen LogP contribution in [0.2, 0.25) is 0 Å². The van der Waals surface area contributed by atoms with E-state index >= 15 is 0 Å². The van der Waals surface area contributed by atoms with Crippen molar-refractivity contribution in [2.24, 2.45) is 0 Å². The Labute approximate surface area is 118 Å². The predicted molar refractivity (Wildman–Crippen MR) is 75.8 cm³/mol. The third-order valence-corrected chi connectivity index (χ3v) is 3.19. The topological polar surface area (TPSA) is 98.7 Å². The molecule has 0 fully saturated rings. The molecule has 3 rings (SSSR count). The van der Waals surface area contributed by atoms with Crippen LogP contribution in [0, 0.1) is 0 Å². The summed E-state index contributed by atoms with van der Waals surface area (Å²) < 4.78 is 1.56. The molecule has 0 saturated heterocycles. The molecule has 20 heavy (non-hydrogen) atoms. The Morgan fingerprint density at radius 3 is 2.90 bits per heavy atom. The SMILES string of the molecule is Nc1ccccc1-n1ccc(C(=O)Nc2nncs2)n1. The summed E-state index contributed by atoms with van der Waals surface area (Å²) in [5, 5.41) is 14.6. The quantitative estimate of drug-likeness (QED) is 0.712. The third kappa shape index (κ3) is 2.36. The molecule has 0 radical (unpaired) electrons. The lowest BCUT2D eigenvalue weighted by molar-refractivity contribution is 0.102. The molecule has 3 N–H and O–H groups in total. The van der Waals surface area contributed by atoms with Crippen molar-refractivity contribution in [2.45, 2.75) is 0 Å². The van der Waals surface area contributed by atoms with Gasteiger partial charge < -0.3 is 5.73 Å². The number of nitrogens with zero attached hydrogens (tertiary/aromatic N) is 4. The fraction of sp³-hybridized carbons (Fsp3) is 0. The molecule has 0 bridgehead atoms. The van der Waals surface area contributed by atoms with Crippen LogP contribution in [-0.2, 0) is 0 Å². The Hall–Kier alpha value is -2.74. The van der Waals surface area contributed by atoms with Crippen LogP contribution in [0.5, 0.6) is 0 Å². The maximum atomic E-state index is 12.0. The molecule has 100 valence electrons. The fourth-order valence-electron chi connectivity index (χ4n) is 1.66. The van der Waals surface area contributed by atoms with Crippen LogP contribution in [0.15, 0.2) is 42.0 Å². The van der Waals surface area contributed by atoms with E-state index in [9.17, 15) is 4.79 Å². The Balaban J connectivity index is 1.83. The molecular formula is C12H10N6OS. The Kier molecular flexibility index (Phi) is 3.13. The lowest BCUT2D eigenvalue weighted by Crippen LogP contribution is -2.13. The Morgan fingerprint density at radius 2 is 2.15 bits per heavy atom. The molecule has 2 aromatic heterocycles. The molecule has 3 aromatic rings. The van der Waals surface area contributed by atoms with E-state index in [-0.39, 0.29) is 11.6 Å². The molecule has 0 saturated carbocycles. The first-order chi connectivity index (χ1) is 9.74. The number of rotatable bonds is 3. The second-order valence-corrected chi connectivity index (χ2v) is 4.74. The number of benzene rings is 1. The van der Waals surface area contributed by atoms with Crippen LogP contribution in [0.25, 0.3) is 5.69 Å². The highest BCUT2D eigenvalue weighted by molar-refractivity contribution is 7.13. The molecule has 1 amide bonds. The minimum Gasteiger partial charge on any atom is -0.397 e.